The maximum Gasteiger partial charge on any atom is 0.315 e. The zero-order chi connectivity index (χ0) is 17.5. The van der Waals surface area contributed by atoms with Crippen LogP contribution >= 0.6 is 0 Å². The van der Waals surface area contributed by atoms with Gasteiger partial charge in [0.05, 0.1) is 6.54 Å². The van der Waals surface area contributed by atoms with E-state index in [-0.39, 0.29) is 12.6 Å². The largest absolute Gasteiger partial charge is 0.340 e. The molecule has 1 aliphatic rings. The molecule has 2 amide bonds. The molecule has 2 heterocycles. The van der Waals surface area contributed by atoms with Gasteiger partial charge in [-0.25, -0.2) is 4.79 Å². The van der Waals surface area contributed by atoms with Crippen LogP contribution in [-0.4, -0.2) is 40.7 Å². The van der Waals surface area contributed by atoms with Gasteiger partial charge in [-0.1, -0.05) is 35.5 Å². The Morgan fingerprint density at radius 3 is 2.92 bits per heavy atom. The van der Waals surface area contributed by atoms with Gasteiger partial charge in [-0.3, -0.25) is 4.90 Å². The molecule has 3 rings (SSSR count). The average molecular weight is 343 g/mol. The summed E-state index contributed by atoms with van der Waals surface area (Å²) in [5, 5.41) is 9.46. The molecule has 0 saturated carbocycles. The van der Waals surface area contributed by atoms with Crippen LogP contribution in [0, 0.1) is 12.8 Å². The first-order chi connectivity index (χ1) is 12.2. The summed E-state index contributed by atoms with van der Waals surface area (Å²) in [5.74, 6) is 1.47. The van der Waals surface area contributed by atoms with Crippen LogP contribution in [0.25, 0.3) is 0 Å². The third kappa shape index (κ3) is 5.56. The molecular formula is C18H25N5O2. The Bertz CT molecular complexity index is 673. The van der Waals surface area contributed by atoms with Gasteiger partial charge in [-0.15, -0.1) is 0 Å². The van der Waals surface area contributed by atoms with Crippen molar-refractivity contribution >= 4 is 6.03 Å². The number of hydrogen-bond acceptors (Lipinski definition) is 5. The van der Waals surface area contributed by atoms with Crippen molar-refractivity contribution in [2.24, 2.45) is 5.92 Å². The van der Waals surface area contributed by atoms with E-state index >= 15 is 0 Å². The fourth-order valence-corrected chi connectivity index (χ4v) is 3.18. The van der Waals surface area contributed by atoms with Crippen LogP contribution < -0.4 is 10.6 Å². The van der Waals surface area contributed by atoms with Crippen LogP contribution in [0.3, 0.4) is 0 Å². The van der Waals surface area contributed by atoms with Crippen molar-refractivity contribution in [2.45, 2.75) is 32.9 Å². The summed E-state index contributed by atoms with van der Waals surface area (Å²) in [4.78, 5) is 18.4. The minimum absolute atomic E-state index is 0.192. The highest BCUT2D eigenvalue weighted by Gasteiger charge is 2.20. The standard InChI is InChI=1S/C18H25N5O2/c1-14-21-17(22-25-14)11-20-18(24)19-10-16-8-5-9-23(13-16)12-15-6-3-2-4-7-15/h2-4,6-7,16H,5,8-13H2,1H3,(H2,19,20,24)/t16-/m0/s1. The normalized spacial score (nSPS) is 18.0. The molecule has 0 spiro atoms. The lowest BCUT2D eigenvalue weighted by atomic mass is 9.97. The topological polar surface area (TPSA) is 83.3 Å². The van der Waals surface area contributed by atoms with E-state index in [1.54, 1.807) is 6.92 Å². The highest BCUT2D eigenvalue weighted by Crippen LogP contribution is 2.18. The molecule has 1 saturated heterocycles. The van der Waals surface area contributed by atoms with Gasteiger partial charge in [0.25, 0.3) is 0 Å². The minimum atomic E-state index is -0.192. The molecule has 0 aliphatic carbocycles. The summed E-state index contributed by atoms with van der Waals surface area (Å²) in [7, 11) is 0. The Labute approximate surface area is 147 Å². The van der Waals surface area contributed by atoms with Crippen molar-refractivity contribution in [1.82, 2.24) is 25.7 Å². The van der Waals surface area contributed by atoms with Crippen molar-refractivity contribution in [3.8, 4) is 0 Å². The molecule has 25 heavy (non-hydrogen) atoms. The van der Waals surface area contributed by atoms with Gasteiger partial charge in [0.2, 0.25) is 5.89 Å². The van der Waals surface area contributed by atoms with E-state index in [4.69, 9.17) is 4.52 Å². The summed E-state index contributed by atoms with van der Waals surface area (Å²) in [6.45, 7) is 5.78. The monoisotopic (exact) mass is 343 g/mol. The number of urea groups is 1. The van der Waals surface area contributed by atoms with E-state index in [1.807, 2.05) is 6.07 Å². The van der Waals surface area contributed by atoms with E-state index in [2.05, 4.69) is 49.9 Å². The van der Waals surface area contributed by atoms with Crippen molar-refractivity contribution in [3.05, 3.63) is 47.6 Å². The molecule has 7 nitrogen and oxygen atoms in total. The number of carbonyl (C=O) groups excluding carboxylic acids is 1. The van der Waals surface area contributed by atoms with Gasteiger partial charge < -0.3 is 15.2 Å². The Hall–Kier alpha value is -2.41. The number of benzene rings is 1. The summed E-state index contributed by atoms with van der Waals surface area (Å²) in [6.07, 6.45) is 2.32. The van der Waals surface area contributed by atoms with Crippen LogP contribution in [0.5, 0.6) is 0 Å². The Kier molecular flexibility index (Phi) is 6.00. The van der Waals surface area contributed by atoms with E-state index < -0.39 is 0 Å². The smallest absolute Gasteiger partial charge is 0.315 e. The number of piperidine rings is 1. The Morgan fingerprint density at radius 2 is 2.16 bits per heavy atom. The first kappa shape index (κ1) is 17.4. The molecule has 7 heteroatoms. The Morgan fingerprint density at radius 1 is 1.32 bits per heavy atom. The summed E-state index contributed by atoms with van der Waals surface area (Å²) in [5.41, 5.74) is 1.34. The minimum Gasteiger partial charge on any atom is -0.340 e. The van der Waals surface area contributed by atoms with Crippen molar-refractivity contribution in [1.29, 1.82) is 0 Å². The van der Waals surface area contributed by atoms with Crippen LogP contribution in [0.2, 0.25) is 0 Å². The predicted octanol–water partition coefficient (Wildman–Crippen LogP) is 2.09. The SMILES string of the molecule is Cc1nc(CNC(=O)NC[C@@H]2CCCN(Cc3ccccc3)C2)no1. The van der Waals surface area contributed by atoms with E-state index in [0.717, 1.165) is 26.1 Å². The van der Waals surface area contributed by atoms with Gasteiger partial charge in [-0.05, 0) is 30.9 Å². The zero-order valence-corrected chi connectivity index (χ0v) is 14.6. The zero-order valence-electron chi connectivity index (χ0n) is 14.6. The van der Waals surface area contributed by atoms with Crippen molar-refractivity contribution in [2.75, 3.05) is 19.6 Å². The molecule has 1 aliphatic heterocycles. The summed E-state index contributed by atoms with van der Waals surface area (Å²) < 4.78 is 4.87. The lowest BCUT2D eigenvalue weighted by Gasteiger charge is -2.32. The molecule has 1 atom stereocenters. The second kappa shape index (κ2) is 8.62. The molecule has 2 N–H and O–H groups in total. The first-order valence-corrected chi connectivity index (χ1v) is 8.76. The van der Waals surface area contributed by atoms with E-state index in [9.17, 15) is 4.79 Å². The van der Waals surface area contributed by atoms with Crippen LogP contribution in [0.4, 0.5) is 4.79 Å². The molecule has 134 valence electrons. The summed E-state index contributed by atoms with van der Waals surface area (Å²) in [6, 6.07) is 10.3. The van der Waals surface area contributed by atoms with Crippen molar-refractivity contribution < 1.29 is 9.32 Å². The highest BCUT2D eigenvalue weighted by molar-refractivity contribution is 5.73. The average Bonchev–Trinajstić information content (AvgIpc) is 3.05. The number of rotatable bonds is 6. The fraction of sp³-hybridized carbons (Fsp3) is 0.500. The van der Waals surface area contributed by atoms with Crippen molar-refractivity contribution in [3.63, 3.8) is 0 Å². The number of nitrogens with one attached hydrogen (secondary N) is 2. The van der Waals surface area contributed by atoms with Gasteiger partial charge in [0, 0.05) is 26.6 Å². The fourth-order valence-electron chi connectivity index (χ4n) is 3.18. The third-order valence-electron chi connectivity index (χ3n) is 4.38. The number of nitrogens with zero attached hydrogens (tertiary/aromatic N) is 3. The molecule has 1 aromatic heterocycles. The number of hydrogen-bond donors (Lipinski definition) is 2. The number of carbonyl (C=O) groups is 1. The quantitative estimate of drug-likeness (QED) is 0.839. The second-order valence-electron chi connectivity index (χ2n) is 6.52. The van der Waals surface area contributed by atoms with Gasteiger partial charge in [0.15, 0.2) is 5.82 Å². The van der Waals surface area contributed by atoms with Crippen LogP contribution in [0.15, 0.2) is 34.9 Å². The van der Waals surface area contributed by atoms with Crippen LogP contribution in [-0.2, 0) is 13.1 Å². The number of aryl methyl sites for hydroxylation is 1. The predicted molar refractivity (Wildman–Crippen MR) is 93.7 cm³/mol. The molecule has 0 radical (unpaired) electrons. The lowest BCUT2D eigenvalue weighted by molar-refractivity contribution is 0.165. The third-order valence-corrected chi connectivity index (χ3v) is 4.38. The maximum absolute atomic E-state index is 11.9. The van der Waals surface area contributed by atoms with E-state index in [1.165, 1.54) is 12.0 Å². The molecule has 0 unspecified atom stereocenters. The lowest BCUT2D eigenvalue weighted by Crippen LogP contribution is -2.43. The maximum atomic E-state index is 11.9. The highest BCUT2D eigenvalue weighted by atomic mass is 16.5. The molecule has 1 aromatic carbocycles. The Balaban J connectivity index is 1.38. The number of likely N-dealkylation sites (tertiary alicyclic amines) is 1. The number of aromatic nitrogens is 2. The van der Waals surface area contributed by atoms with E-state index in [0.29, 0.717) is 24.2 Å². The molecule has 2 aromatic rings. The van der Waals surface area contributed by atoms with Gasteiger partial charge >= 0.3 is 6.03 Å². The molecular weight excluding hydrogens is 318 g/mol. The van der Waals surface area contributed by atoms with Crippen LogP contribution in [0.1, 0.15) is 30.1 Å². The molecule has 0 bridgehead atoms. The molecule has 1 fully saturated rings. The van der Waals surface area contributed by atoms with Gasteiger partial charge in [-0.2, -0.15) is 4.98 Å². The second-order valence-corrected chi connectivity index (χ2v) is 6.52. The van der Waals surface area contributed by atoms with Gasteiger partial charge in [0.1, 0.15) is 0 Å². The number of amides is 2. The first-order valence-electron chi connectivity index (χ1n) is 8.76. The summed E-state index contributed by atoms with van der Waals surface area (Å²) >= 11 is 0.